The molecule has 0 atom stereocenters. The van der Waals surface area contributed by atoms with Gasteiger partial charge in [-0.3, -0.25) is 0 Å². The zero-order chi connectivity index (χ0) is 15.7. The highest BCUT2D eigenvalue weighted by molar-refractivity contribution is 6.16. The fourth-order valence-corrected chi connectivity index (χ4v) is 1.78. The Labute approximate surface area is 123 Å². The zero-order valence-corrected chi connectivity index (χ0v) is 11.7. The maximum absolute atomic E-state index is 10.5. The summed E-state index contributed by atoms with van der Waals surface area (Å²) in [6.07, 6.45) is 5.29. The van der Waals surface area contributed by atoms with Crippen LogP contribution in [0.25, 0.3) is 6.08 Å². The number of piperidine rings is 1. The molecule has 1 fully saturated rings. The number of nitrogens with two attached hydrogens (primary N) is 1. The van der Waals surface area contributed by atoms with Crippen LogP contribution in [0, 0.1) is 0 Å². The van der Waals surface area contributed by atoms with Crippen LogP contribution in [0.2, 0.25) is 0 Å². The number of hydrogen-bond donors (Lipinski definition) is 4. The van der Waals surface area contributed by atoms with E-state index in [0.29, 0.717) is 11.3 Å². The van der Waals surface area contributed by atoms with Crippen LogP contribution in [0.3, 0.4) is 0 Å². The van der Waals surface area contributed by atoms with Gasteiger partial charge in [0.2, 0.25) is 0 Å². The van der Waals surface area contributed by atoms with Crippen LogP contribution in [0.4, 0.5) is 5.69 Å². The summed E-state index contributed by atoms with van der Waals surface area (Å²) in [4.78, 5) is 21.1. The molecule has 2 rings (SSSR count). The lowest BCUT2D eigenvalue weighted by Gasteiger charge is -2.08. The summed E-state index contributed by atoms with van der Waals surface area (Å²) in [6, 6.07) is 6.21. The molecule has 0 saturated carbocycles. The molecule has 0 radical (unpaired) electrons. The van der Waals surface area contributed by atoms with Gasteiger partial charge in [0.15, 0.2) is 0 Å². The average molecular weight is 292 g/mol. The normalized spacial score (nSPS) is 13.5. The van der Waals surface area contributed by atoms with Crippen LogP contribution < -0.4 is 11.1 Å². The molecule has 114 valence electrons. The van der Waals surface area contributed by atoms with E-state index < -0.39 is 17.5 Å². The first kappa shape index (κ1) is 16.7. The van der Waals surface area contributed by atoms with Crippen LogP contribution in [0.5, 0.6) is 0 Å². The molecule has 0 unspecified atom stereocenters. The van der Waals surface area contributed by atoms with Crippen molar-refractivity contribution in [3.05, 3.63) is 35.4 Å². The Morgan fingerprint density at radius 1 is 1.00 bits per heavy atom. The van der Waals surface area contributed by atoms with E-state index in [0.717, 1.165) is 6.08 Å². The van der Waals surface area contributed by atoms with Gasteiger partial charge in [0.05, 0.1) is 0 Å². The Balaban J connectivity index is 0.000000304. The smallest absolute Gasteiger partial charge is 0.343 e. The fourth-order valence-electron chi connectivity index (χ4n) is 1.78. The molecule has 1 aliphatic heterocycles. The van der Waals surface area contributed by atoms with Gasteiger partial charge in [0, 0.05) is 5.69 Å². The molecular formula is C15H20N2O4. The Kier molecular flexibility index (Phi) is 6.97. The number of carboxylic acids is 2. The highest BCUT2D eigenvalue weighted by atomic mass is 16.4. The SMILES string of the molecule is C1CCNCC1.Nc1ccc(C=C(C(=O)O)C(=O)O)cc1. The molecule has 0 amide bonds. The monoisotopic (exact) mass is 292 g/mol. The predicted molar refractivity (Wildman–Crippen MR) is 80.8 cm³/mol. The van der Waals surface area contributed by atoms with E-state index in [9.17, 15) is 9.59 Å². The Morgan fingerprint density at radius 2 is 1.52 bits per heavy atom. The zero-order valence-electron chi connectivity index (χ0n) is 11.7. The Hall–Kier alpha value is -2.34. The average Bonchev–Trinajstić information content (AvgIpc) is 2.48. The number of benzene rings is 1. The Morgan fingerprint density at radius 3 is 1.86 bits per heavy atom. The quantitative estimate of drug-likeness (QED) is 0.291. The maximum Gasteiger partial charge on any atom is 0.343 e. The number of nitrogens with one attached hydrogen (secondary N) is 1. The second-order valence-electron chi connectivity index (χ2n) is 4.65. The maximum atomic E-state index is 10.5. The van der Waals surface area contributed by atoms with Crippen LogP contribution in [-0.2, 0) is 9.59 Å². The number of carboxylic acid groups (broad SMARTS) is 2. The minimum atomic E-state index is -1.47. The van der Waals surface area contributed by atoms with Crippen molar-refractivity contribution < 1.29 is 19.8 Å². The van der Waals surface area contributed by atoms with E-state index >= 15 is 0 Å². The second kappa shape index (κ2) is 8.76. The van der Waals surface area contributed by atoms with Gasteiger partial charge in [-0.2, -0.15) is 0 Å². The van der Waals surface area contributed by atoms with E-state index in [4.69, 9.17) is 15.9 Å². The van der Waals surface area contributed by atoms with Gasteiger partial charge in [-0.05, 0) is 49.7 Å². The number of anilines is 1. The van der Waals surface area contributed by atoms with Gasteiger partial charge >= 0.3 is 11.9 Å². The molecule has 1 aromatic rings. The molecule has 1 aromatic carbocycles. The number of carbonyl (C=O) groups is 2. The third-order valence-electron chi connectivity index (χ3n) is 2.92. The number of nitrogen functional groups attached to an aromatic ring is 1. The lowest BCUT2D eigenvalue weighted by Crippen LogP contribution is -2.21. The summed E-state index contributed by atoms with van der Waals surface area (Å²) in [5.41, 5.74) is 5.75. The summed E-state index contributed by atoms with van der Waals surface area (Å²) in [5, 5.41) is 20.5. The molecule has 6 heteroatoms. The molecule has 6 nitrogen and oxygen atoms in total. The second-order valence-corrected chi connectivity index (χ2v) is 4.65. The first-order chi connectivity index (χ1) is 10.0. The molecule has 0 aliphatic carbocycles. The molecule has 21 heavy (non-hydrogen) atoms. The van der Waals surface area contributed by atoms with Gasteiger partial charge in [-0.1, -0.05) is 18.6 Å². The Bertz CT molecular complexity index is 477. The summed E-state index contributed by atoms with van der Waals surface area (Å²) in [7, 11) is 0. The standard InChI is InChI=1S/C10H9NO4.C5H11N/c11-7-3-1-6(2-4-7)5-8(9(12)13)10(14)15;1-2-4-6-5-3-1/h1-5H,11H2,(H,12,13)(H,14,15);6H,1-5H2. The molecule has 1 aliphatic rings. The third kappa shape index (κ3) is 6.58. The lowest BCUT2D eigenvalue weighted by atomic mass is 10.1. The van der Waals surface area contributed by atoms with Crippen LogP contribution >= 0.6 is 0 Å². The summed E-state index contributed by atoms with van der Waals surface area (Å²) >= 11 is 0. The number of hydrogen-bond acceptors (Lipinski definition) is 4. The van der Waals surface area contributed by atoms with Crippen LogP contribution in [0.1, 0.15) is 24.8 Å². The van der Waals surface area contributed by atoms with E-state index in [1.54, 1.807) is 24.3 Å². The van der Waals surface area contributed by atoms with Gasteiger partial charge in [0.1, 0.15) is 5.57 Å². The topological polar surface area (TPSA) is 113 Å². The van der Waals surface area contributed by atoms with Crippen molar-refractivity contribution >= 4 is 23.7 Å². The van der Waals surface area contributed by atoms with Gasteiger partial charge in [-0.25, -0.2) is 9.59 Å². The van der Waals surface area contributed by atoms with Crippen molar-refractivity contribution in [2.75, 3.05) is 18.8 Å². The minimum absolute atomic E-state index is 0.476. The molecular weight excluding hydrogens is 272 g/mol. The molecule has 5 N–H and O–H groups in total. The first-order valence-corrected chi connectivity index (χ1v) is 6.75. The minimum Gasteiger partial charge on any atom is -0.477 e. The van der Waals surface area contributed by atoms with E-state index in [1.807, 2.05) is 0 Å². The van der Waals surface area contributed by atoms with Crippen molar-refractivity contribution in [2.45, 2.75) is 19.3 Å². The van der Waals surface area contributed by atoms with Gasteiger partial charge in [-0.15, -0.1) is 0 Å². The number of rotatable bonds is 3. The molecule has 1 saturated heterocycles. The third-order valence-corrected chi connectivity index (χ3v) is 2.92. The molecule has 0 bridgehead atoms. The molecule has 1 heterocycles. The largest absolute Gasteiger partial charge is 0.477 e. The lowest BCUT2D eigenvalue weighted by molar-refractivity contribution is -0.140. The van der Waals surface area contributed by atoms with Crippen LogP contribution in [-0.4, -0.2) is 35.2 Å². The van der Waals surface area contributed by atoms with Crippen molar-refractivity contribution in [1.29, 1.82) is 0 Å². The molecule has 0 spiro atoms. The van der Waals surface area contributed by atoms with E-state index in [1.165, 1.54) is 32.4 Å². The summed E-state index contributed by atoms with van der Waals surface area (Å²) in [5.74, 6) is -2.95. The predicted octanol–water partition coefficient (Wildman–Crippen LogP) is 1.58. The van der Waals surface area contributed by atoms with Crippen LogP contribution in [0.15, 0.2) is 29.8 Å². The summed E-state index contributed by atoms with van der Waals surface area (Å²) < 4.78 is 0. The van der Waals surface area contributed by atoms with Gasteiger partial charge in [0.25, 0.3) is 0 Å². The highest BCUT2D eigenvalue weighted by Gasteiger charge is 2.15. The number of aliphatic carboxylic acids is 2. The van der Waals surface area contributed by atoms with Crippen molar-refractivity contribution in [1.82, 2.24) is 5.32 Å². The van der Waals surface area contributed by atoms with Crippen molar-refractivity contribution in [3.63, 3.8) is 0 Å². The van der Waals surface area contributed by atoms with E-state index in [2.05, 4.69) is 5.32 Å². The summed E-state index contributed by atoms with van der Waals surface area (Å²) in [6.45, 7) is 2.50. The first-order valence-electron chi connectivity index (χ1n) is 6.75. The van der Waals surface area contributed by atoms with E-state index in [-0.39, 0.29) is 0 Å². The highest BCUT2D eigenvalue weighted by Crippen LogP contribution is 2.10. The van der Waals surface area contributed by atoms with Crippen molar-refractivity contribution in [3.8, 4) is 0 Å². The van der Waals surface area contributed by atoms with Crippen molar-refractivity contribution in [2.24, 2.45) is 0 Å². The fraction of sp³-hybridized carbons (Fsp3) is 0.333. The van der Waals surface area contributed by atoms with Gasteiger partial charge < -0.3 is 21.3 Å². The molecule has 0 aromatic heterocycles.